The second kappa shape index (κ2) is 12.5. The molecule has 1 saturated heterocycles. The molecule has 2 heterocycles. The molecule has 1 fully saturated rings. The first-order valence-electron chi connectivity index (χ1n) is 15.7. The normalized spacial score (nSPS) is 21.6. The molecule has 3 aromatic rings. The second-order valence-electron chi connectivity index (χ2n) is 13.4. The van der Waals surface area contributed by atoms with Gasteiger partial charge in [-0.25, -0.2) is 4.79 Å². The minimum Gasteiger partial charge on any atom is -0.609 e. The van der Waals surface area contributed by atoms with Gasteiger partial charge in [0.05, 0.1) is 24.2 Å². The van der Waals surface area contributed by atoms with Gasteiger partial charge in [-0.3, -0.25) is 0 Å². The van der Waals surface area contributed by atoms with Gasteiger partial charge >= 0.3 is 11.2 Å². The Labute approximate surface area is 268 Å². The van der Waals surface area contributed by atoms with Crippen molar-refractivity contribution in [2.75, 3.05) is 30.8 Å². The van der Waals surface area contributed by atoms with E-state index in [9.17, 15) is 14.6 Å². The highest BCUT2D eigenvalue weighted by Crippen LogP contribution is 2.49. The fraction of sp³-hybridized carbons (Fsp3) is 0.486. The van der Waals surface area contributed by atoms with Crippen LogP contribution in [0.3, 0.4) is 0 Å². The van der Waals surface area contributed by atoms with E-state index in [-0.39, 0.29) is 17.9 Å². The van der Waals surface area contributed by atoms with Crippen molar-refractivity contribution in [2.24, 2.45) is 0 Å². The van der Waals surface area contributed by atoms with Crippen molar-refractivity contribution in [1.29, 1.82) is 5.26 Å². The Bertz CT molecular complexity index is 1600. The first-order chi connectivity index (χ1) is 21.5. The van der Waals surface area contributed by atoms with E-state index in [2.05, 4.69) is 41.3 Å². The van der Waals surface area contributed by atoms with Crippen molar-refractivity contribution in [1.82, 2.24) is 14.9 Å². The Kier molecular flexibility index (Phi) is 8.68. The van der Waals surface area contributed by atoms with Gasteiger partial charge in [-0.15, -0.1) is 0 Å². The molecule has 10 heteroatoms. The van der Waals surface area contributed by atoms with E-state index in [1.165, 1.54) is 11.1 Å². The van der Waals surface area contributed by atoms with Crippen LogP contribution in [0.2, 0.25) is 0 Å². The molecule has 3 atom stereocenters. The van der Waals surface area contributed by atoms with Gasteiger partial charge in [-0.1, -0.05) is 36.4 Å². The average molecular weight is 628 g/mol. The number of ether oxygens (including phenoxy) is 2. The fourth-order valence-corrected chi connectivity index (χ4v) is 7.45. The lowest BCUT2D eigenvalue weighted by atomic mass is 9.69. The molecule has 1 aromatic heterocycles. The van der Waals surface area contributed by atoms with Gasteiger partial charge in [0.15, 0.2) is 0 Å². The smallest absolute Gasteiger partial charge is 0.410 e. The van der Waals surface area contributed by atoms with Crippen molar-refractivity contribution in [2.45, 2.75) is 88.1 Å². The van der Waals surface area contributed by atoms with Gasteiger partial charge in [-0.05, 0) is 75.3 Å². The van der Waals surface area contributed by atoms with E-state index < -0.39 is 22.9 Å². The number of amides is 1. The molecule has 0 radical (unpaired) electrons. The van der Waals surface area contributed by atoms with Gasteiger partial charge in [0, 0.05) is 48.2 Å². The summed E-state index contributed by atoms with van der Waals surface area (Å²) in [7, 11) is 0. The number of piperazine rings is 1. The number of nitrogens with zero attached hydrogens (tertiary/aromatic N) is 5. The summed E-state index contributed by atoms with van der Waals surface area (Å²) in [4.78, 5) is 26.5. The van der Waals surface area contributed by atoms with Gasteiger partial charge in [0.25, 0.3) is 0 Å². The number of nitriles is 1. The van der Waals surface area contributed by atoms with Gasteiger partial charge < -0.3 is 23.8 Å². The van der Waals surface area contributed by atoms with E-state index in [0.29, 0.717) is 31.4 Å². The van der Waals surface area contributed by atoms with Crippen LogP contribution in [0.15, 0.2) is 53.7 Å². The summed E-state index contributed by atoms with van der Waals surface area (Å²) >= 11 is -1.37. The Morgan fingerprint density at radius 2 is 1.91 bits per heavy atom. The maximum atomic E-state index is 13.0. The summed E-state index contributed by atoms with van der Waals surface area (Å²) in [6.45, 7) is 7.44. The van der Waals surface area contributed by atoms with Crippen LogP contribution in [0.25, 0.3) is 0 Å². The molecule has 0 bridgehead atoms. The SMILES string of the molecule is C[S+]([O-])c1nc2c(c(N3CCN(C(=O)OC(C)(C)C)[C@@H](CC#N)C3)n1)CCC1(CCc3ccc(OCc4ccccc4)cc31)C2. The highest BCUT2D eigenvalue weighted by atomic mass is 32.2. The number of aryl methyl sites for hydroxylation is 1. The number of anilines is 1. The van der Waals surface area contributed by atoms with Crippen LogP contribution in [0, 0.1) is 11.3 Å². The zero-order valence-corrected chi connectivity index (χ0v) is 27.4. The van der Waals surface area contributed by atoms with Crippen LogP contribution in [-0.2, 0) is 47.2 Å². The Morgan fingerprint density at radius 3 is 2.64 bits per heavy atom. The Morgan fingerprint density at radius 1 is 1.13 bits per heavy atom. The molecule has 1 spiro atoms. The molecule has 2 unspecified atom stereocenters. The topological polar surface area (TPSA) is 115 Å². The number of carbonyl (C=O) groups is 1. The number of fused-ring (bicyclic) bond motifs is 3. The number of carbonyl (C=O) groups excluding carboxylic acids is 1. The molecule has 2 aliphatic carbocycles. The zero-order valence-electron chi connectivity index (χ0n) is 26.5. The first-order valence-corrected chi connectivity index (χ1v) is 17.3. The maximum absolute atomic E-state index is 13.0. The van der Waals surface area contributed by atoms with E-state index in [1.807, 2.05) is 39.0 Å². The number of hydrogen-bond acceptors (Lipinski definition) is 8. The predicted molar refractivity (Wildman–Crippen MR) is 173 cm³/mol. The van der Waals surface area contributed by atoms with Crippen molar-refractivity contribution >= 4 is 23.1 Å². The van der Waals surface area contributed by atoms with E-state index >= 15 is 0 Å². The summed E-state index contributed by atoms with van der Waals surface area (Å²) in [5, 5.41) is 9.93. The minimum atomic E-state index is -1.37. The minimum absolute atomic E-state index is 0.0642. The molecular formula is C35H41N5O4S. The molecule has 1 aliphatic heterocycles. The maximum Gasteiger partial charge on any atom is 0.410 e. The summed E-state index contributed by atoms with van der Waals surface area (Å²) in [6.07, 6.45) is 5.94. The third-order valence-corrected chi connectivity index (χ3v) is 9.87. The molecule has 0 saturated carbocycles. The quantitative estimate of drug-likeness (QED) is 0.260. The predicted octanol–water partition coefficient (Wildman–Crippen LogP) is 5.51. The average Bonchev–Trinajstić information content (AvgIpc) is 3.35. The van der Waals surface area contributed by atoms with E-state index in [0.717, 1.165) is 60.5 Å². The number of benzene rings is 2. The third kappa shape index (κ3) is 6.61. The van der Waals surface area contributed by atoms with E-state index in [1.54, 1.807) is 11.2 Å². The van der Waals surface area contributed by atoms with Crippen molar-refractivity contribution in [3.63, 3.8) is 0 Å². The zero-order chi connectivity index (χ0) is 31.8. The van der Waals surface area contributed by atoms with Crippen molar-refractivity contribution in [3.8, 4) is 11.8 Å². The molecule has 6 rings (SSSR count). The highest BCUT2D eigenvalue weighted by molar-refractivity contribution is 7.90. The molecule has 1 amide bonds. The lowest BCUT2D eigenvalue weighted by Gasteiger charge is -2.43. The number of rotatable bonds is 6. The third-order valence-electron chi connectivity index (χ3n) is 9.18. The lowest BCUT2D eigenvalue weighted by molar-refractivity contribution is 0.0144. The number of hydrogen-bond donors (Lipinski definition) is 0. The molecular weight excluding hydrogens is 586 g/mol. The molecule has 0 N–H and O–H groups in total. The molecule has 3 aliphatic rings. The van der Waals surface area contributed by atoms with Crippen molar-refractivity contribution in [3.05, 3.63) is 76.5 Å². The molecule has 9 nitrogen and oxygen atoms in total. The van der Waals surface area contributed by atoms with Gasteiger partial charge in [-0.2, -0.15) is 15.2 Å². The second-order valence-corrected chi connectivity index (χ2v) is 14.7. The van der Waals surface area contributed by atoms with Crippen LogP contribution in [0.4, 0.5) is 10.6 Å². The highest BCUT2D eigenvalue weighted by Gasteiger charge is 2.44. The van der Waals surface area contributed by atoms with Gasteiger partial charge in [0.2, 0.25) is 0 Å². The summed E-state index contributed by atoms with van der Waals surface area (Å²) in [5.74, 6) is 1.65. The molecule has 236 valence electrons. The summed E-state index contributed by atoms with van der Waals surface area (Å²) in [5.41, 5.74) is 5.17. The van der Waals surface area contributed by atoms with Crippen LogP contribution >= 0.6 is 0 Å². The first kappa shape index (κ1) is 31.2. The number of aromatic nitrogens is 2. The monoisotopic (exact) mass is 627 g/mol. The van der Waals surface area contributed by atoms with Crippen LogP contribution in [-0.4, -0.2) is 63.0 Å². The van der Waals surface area contributed by atoms with Crippen LogP contribution in [0.1, 0.15) is 68.0 Å². The Hall–Kier alpha value is -3.81. The largest absolute Gasteiger partial charge is 0.609 e. The van der Waals surface area contributed by atoms with Gasteiger partial charge in [0.1, 0.15) is 30.0 Å². The van der Waals surface area contributed by atoms with Crippen LogP contribution in [0.5, 0.6) is 5.75 Å². The Balaban J connectivity index is 1.27. The standard InChI is InChI=1S/C35H41N5O4S/c1-34(2,3)44-33(41)40-19-18-39(22-26(40)14-17-36)31-28-13-16-35(21-30(28)37-32(38-31)45(4)42)15-12-25-10-11-27(20-29(25)35)43-23-24-8-6-5-7-9-24/h5-11,20,26H,12-16,18-19,21-23H2,1-4H3/t26-,35?,45?/m0/s1. The molecule has 2 aromatic carbocycles. The summed E-state index contributed by atoms with van der Waals surface area (Å²) in [6, 6.07) is 18.6. The van der Waals surface area contributed by atoms with E-state index in [4.69, 9.17) is 19.4 Å². The van der Waals surface area contributed by atoms with Crippen LogP contribution < -0.4 is 9.64 Å². The molecule has 45 heavy (non-hydrogen) atoms. The van der Waals surface area contributed by atoms with Crippen molar-refractivity contribution < 1.29 is 18.8 Å². The fourth-order valence-electron chi connectivity index (χ4n) is 7.00. The summed E-state index contributed by atoms with van der Waals surface area (Å²) < 4.78 is 24.7. The lowest BCUT2D eigenvalue weighted by Crippen LogP contribution is -2.56.